The minimum atomic E-state index is -3.68. The van der Waals surface area contributed by atoms with E-state index in [-0.39, 0.29) is 57.7 Å². The van der Waals surface area contributed by atoms with Crippen LogP contribution in [-0.4, -0.2) is 34.6 Å². The molecule has 0 heterocycles. The molecule has 190 valence electrons. The Hall–Kier alpha value is -1.66. The molecule has 0 unspecified atom stereocenters. The lowest BCUT2D eigenvalue weighted by atomic mass is 10.0. The van der Waals surface area contributed by atoms with Gasteiger partial charge in [-0.1, -0.05) is 0 Å². The number of phenolic OH excluding ortho intramolecular Hbond substituents is 2. The predicted molar refractivity (Wildman–Crippen MR) is 135 cm³/mol. The van der Waals surface area contributed by atoms with E-state index in [9.17, 15) is 19.3 Å². The number of aromatic hydroxyl groups is 2. The Balaban J connectivity index is 2.49. The van der Waals surface area contributed by atoms with Crippen LogP contribution in [-0.2, 0) is 27.2 Å². The molecule has 0 fully saturated rings. The third-order valence-corrected chi connectivity index (χ3v) is 8.90. The highest BCUT2D eigenvalue weighted by molar-refractivity contribution is 7.62. The monoisotopic (exact) mass is 514 g/mol. The molecule has 0 amide bonds. The Morgan fingerprint density at radius 1 is 0.559 bits per heavy atom. The smallest absolute Gasteiger partial charge is 0.361 e. The van der Waals surface area contributed by atoms with Gasteiger partial charge in [-0.05, 0) is 91.8 Å². The lowest BCUT2D eigenvalue weighted by Crippen LogP contribution is -2.17. The second kappa shape index (κ2) is 11.4. The highest BCUT2D eigenvalue weighted by Crippen LogP contribution is 2.52. The fraction of sp³-hybridized carbons (Fsp3) is 0.500. The summed E-state index contributed by atoms with van der Waals surface area (Å²) in [6.07, 6.45) is -1.45. The van der Waals surface area contributed by atoms with Gasteiger partial charge in [-0.2, -0.15) is 0 Å². The van der Waals surface area contributed by atoms with E-state index in [1.54, 1.807) is 55.4 Å². The summed E-state index contributed by atoms with van der Waals surface area (Å²) in [7, 11) is -7.37. The molecule has 8 nitrogen and oxygen atoms in total. The number of phenols is 2. The van der Waals surface area contributed by atoms with Crippen LogP contribution in [0.3, 0.4) is 0 Å². The highest BCUT2D eigenvalue weighted by atomic mass is 31.2. The van der Waals surface area contributed by atoms with Gasteiger partial charge in [-0.3, -0.25) is 9.13 Å². The van der Waals surface area contributed by atoms with Crippen LogP contribution in [0, 0.1) is 0 Å². The van der Waals surface area contributed by atoms with Crippen LogP contribution in [0.15, 0.2) is 36.4 Å². The molecule has 10 heteroatoms. The first-order chi connectivity index (χ1) is 15.7. The molecule has 0 saturated heterocycles. The summed E-state index contributed by atoms with van der Waals surface area (Å²) < 4.78 is 49.1. The van der Waals surface area contributed by atoms with Crippen molar-refractivity contribution in [2.75, 3.05) is 0 Å². The quantitative estimate of drug-likeness (QED) is 0.346. The Bertz CT molecular complexity index is 965. The van der Waals surface area contributed by atoms with E-state index in [0.29, 0.717) is 0 Å². The van der Waals surface area contributed by atoms with Crippen molar-refractivity contribution in [3.05, 3.63) is 36.4 Å². The van der Waals surface area contributed by atoms with E-state index >= 15 is 0 Å². The van der Waals surface area contributed by atoms with Crippen molar-refractivity contribution in [2.45, 2.75) is 79.8 Å². The predicted octanol–water partition coefficient (Wildman–Crippen LogP) is 6.10. The Morgan fingerprint density at radius 3 is 1.03 bits per heavy atom. The van der Waals surface area contributed by atoms with Gasteiger partial charge in [0.05, 0.1) is 35.0 Å². The summed E-state index contributed by atoms with van der Waals surface area (Å²) >= 11 is 0. The van der Waals surface area contributed by atoms with Crippen molar-refractivity contribution in [1.29, 1.82) is 0 Å². The van der Waals surface area contributed by atoms with Gasteiger partial charge in [-0.15, -0.1) is 0 Å². The van der Waals surface area contributed by atoms with E-state index in [4.69, 9.17) is 18.1 Å². The first-order valence-electron chi connectivity index (χ1n) is 11.3. The largest absolute Gasteiger partial charge is 0.507 e. The van der Waals surface area contributed by atoms with E-state index in [2.05, 4.69) is 0 Å². The summed E-state index contributed by atoms with van der Waals surface area (Å²) in [5.41, 5.74) is 0.579. The van der Waals surface area contributed by atoms with Crippen LogP contribution in [0.2, 0.25) is 0 Å². The second-order valence-electron chi connectivity index (χ2n) is 9.01. The fourth-order valence-electron chi connectivity index (χ4n) is 3.24. The Labute approximate surface area is 202 Å². The highest BCUT2D eigenvalue weighted by Gasteiger charge is 2.33. The molecule has 0 aliphatic heterocycles. The van der Waals surface area contributed by atoms with Crippen LogP contribution in [0.1, 0.15) is 55.4 Å². The Morgan fingerprint density at radius 2 is 0.824 bits per heavy atom. The summed E-state index contributed by atoms with van der Waals surface area (Å²) in [4.78, 5) is 0. The van der Waals surface area contributed by atoms with E-state index < -0.39 is 15.2 Å². The van der Waals surface area contributed by atoms with E-state index in [1.807, 2.05) is 0 Å². The summed E-state index contributed by atoms with van der Waals surface area (Å²) in [6.45, 7) is 14.0. The average Bonchev–Trinajstić information content (AvgIpc) is 2.65. The maximum Gasteiger partial charge on any atom is 0.361 e. The summed E-state index contributed by atoms with van der Waals surface area (Å²) in [6, 6.07) is 8.72. The molecule has 0 spiro atoms. The van der Waals surface area contributed by atoms with Crippen molar-refractivity contribution in [3.63, 3.8) is 0 Å². The maximum atomic E-state index is 13.4. The number of benzene rings is 2. The molecule has 2 aromatic carbocycles. The van der Waals surface area contributed by atoms with Gasteiger partial charge in [-0.25, -0.2) is 0 Å². The first-order valence-corrected chi connectivity index (χ1v) is 14.4. The average molecular weight is 514 g/mol. The zero-order chi connectivity index (χ0) is 25.8. The van der Waals surface area contributed by atoms with E-state index in [0.717, 1.165) is 0 Å². The SMILES string of the molecule is CC(C)OP(=O)(OC(C)C)c1ccc(-c2ccc(P(=O)(OC(C)C)OC(C)C)cc2O)c(O)c1. The summed E-state index contributed by atoms with van der Waals surface area (Å²) in [5.74, 6) is -0.443. The fourth-order valence-corrected chi connectivity index (χ4v) is 7.12. The van der Waals surface area contributed by atoms with Gasteiger partial charge in [0.2, 0.25) is 0 Å². The van der Waals surface area contributed by atoms with Gasteiger partial charge < -0.3 is 28.3 Å². The lowest BCUT2D eigenvalue weighted by molar-refractivity contribution is 0.149. The van der Waals surface area contributed by atoms with Crippen LogP contribution >= 0.6 is 15.2 Å². The molecular formula is C24H36O8P2. The molecule has 2 rings (SSSR count). The molecule has 0 aliphatic rings. The number of hydrogen-bond acceptors (Lipinski definition) is 8. The third-order valence-electron chi connectivity index (χ3n) is 4.28. The van der Waals surface area contributed by atoms with Gasteiger partial charge in [0.15, 0.2) is 0 Å². The van der Waals surface area contributed by atoms with Crippen molar-refractivity contribution in [3.8, 4) is 22.6 Å². The van der Waals surface area contributed by atoms with Gasteiger partial charge in [0.25, 0.3) is 0 Å². The molecule has 0 saturated carbocycles. The zero-order valence-electron chi connectivity index (χ0n) is 21.0. The molecule has 0 aliphatic carbocycles. The van der Waals surface area contributed by atoms with Gasteiger partial charge in [0, 0.05) is 11.1 Å². The van der Waals surface area contributed by atoms with Gasteiger partial charge >= 0.3 is 15.2 Å². The van der Waals surface area contributed by atoms with Crippen molar-refractivity contribution >= 4 is 25.8 Å². The van der Waals surface area contributed by atoms with Crippen molar-refractivity contribution in [2.24, 2.45) is 0 Å². The summed E-state index contributed by atoms with van der Waals surface area (Å²) in [5, 5.41) is 21.8. The lowest BCUT2D eigenvalue weighted by Gasteiger charge is -2.24. The molecule has 2 aromatic rings. The minimum absolute atomic E-state index is 0.201. The molecule has 0 aromatic heterocycles. The van der Waals surface area contributed by atoms with Crippen LogP contribution in [0.5, 0.6) is 11.5 Å². The molecule has 0 bridgehead atoms. The minimum Gasteiger partial charge on any atom is -0.507 e. The van der Waals surface area contributed by atoms with Crippen LogP contribution in [0.4, 0.5) is 0 Å². The first kappa shape index (κ1) is 28.6. The molecule has 0 radical (unpaired) electrons. The normalized spacial score (nSPS) is 12.9. The van der Waals surface area contributed by atoms with Crippen molar-refractivity contribution < 1.29 is 37.4 Å². The zero-order valence-corrected chi connectivity index (χ0v) is 22.8. The van der Waals surface area contributed by atoms with E-state index in [1.165, 1.54) is 36.4 Å². The van der Waals surface area contributed by atoms with Gasteiger partial charge in [0.1, 0.15) is 11.5 Å². The Kier molecular flexibility index (Phi) is 9.57. The second-order valence-corrected chi connectivity index (χ2v) is 12.9. The standard InChI is InChI=1S/C24H36O8P2/c1-15(2)29-33(27,30-16(3)4)19-9-11-21(23(25)13-19)22-12-10-20(14-24(22)26)34(28,31-17(5)6)32-18(7)8/h9-18,25-26H,1-8H3. The molecule has 0 atom stereocenters. The molecular weight excluding hydrogens is 478 g/mol. The molecule has 2 N–H and O–H groups in total. The maximum absolute atomic E-state index is 13.4. The van der Waals surface area contributed by atoms with Crippen LogP contribution in [0.25, 0.3) is 11.1 Å². The molecule has 34 heavy (non-hydrogen) atoms. The number of rotatable bonds is 11. The van der Waals surface area contributed by atoms with Crippen molar-refractivity contribution in [1.82, 2.24) is 0 Å². The number of hydrogen-bond donors (Lipinski definition) is 2. The topological polar surface area (TPSA) is 112 Å². The third kappa shape index (κ3) is 7.17. The van der Waals surface area contributed by atoms with Crippen LogP contribution < -0.4 is 10.6 Å².